The van der Waals surface area contributed by atoms with E-state index in [2.05, 4.69) is 12.1 Å². The van der Waals surface area contributed by atoms with Crippen LogP contribution in [0.1, 0.15) is 17.0 Å². The zero-order valence-electron chi connectivity index (χ0n) is 14.3. The number of halogens is 1. The Balaban J connectivity index is 1.74. The van der Waals surface area contributed by atoms with Gasteiger partial charge in [-0.15, -0.1) is 0 Å². The Kier molecular flexibility index (Phi) is 5.61. The van der Waals surface area contributed by atoms with E-state index >= 15 is 0 Å². The molecule has 0 aliphatic carbocycles. The molecule has 132 valence electrons. The maximum absolute atomic E-state index is 12.8. The summed E-state index contributed by atoms with van der Waals surface area (Å²) in [4.78, 5) is 14.7. The summed E-state index contributed by atoms with van der Waals surface area (Å²) in [7, 11) is 1.60. The smallest absolute Gasteiger partial charge is 0.227 e. The van der Waals surface area contributed by atoms with Gasteiger partial charge in [0.05, 0.1) is 13.5 Å². The Hall–Kier alpha value is -2.04. The number of nitrogens with two attached hydrogens (primary N) is 1. The maximum atomic E-state index is 12.8. The zero-order valence-corrected chi connectivity index (χ0v) is 15.1. The zero-order chi connectivity index (χ0) is 17.8. The lowest BCUT2D eigenvalue weighted by Gasteiger charge is -2.18. The van der Waals surface area contributed by atoms with Crippen molar-refractivity contribution in [1.82, 2.24) is 4.90 Å². The summed E-state index contributed by atoms with van der Waals surface area (Å²) < 4.78 is 5.35. The van der Waals surface area contributed by atoms with Gasteiger partial charge in [0.25, 0.3) is 0 Å². The van der Waals surface area contributed by atoms with Gasteiger partial charge in [0.1, 0.15) is 5.75 Å². The van der Waals surface area contributed by atoms with Crippen LogP contribution in [0.2, 0.25) is 5.02 Å². The van der Waals surface area contributed by atoms with Crippen molar-refractivity contribution in [2.45, 2.75) is 12.3 Å². The molecule has 0 bridgehead atoms. The first-order valence-corrected chi connectivity index (χ1v) is 8.85. The lowest BCUT2D eigenvalue weighted by Crippen LogP contribution is -2.31. The van der Waals surface area contributed by atoms with Crippen LogP contribution in [0, 0.1) is 5.92 Å². The van der Waals surface area contributed by atoms with E-state index in [1.54, 1.807) is 25.3 Å². The molecule has 1 saturated heterocycles. The number of carbonyl (C=O) groups is 1. The number of ether oxygens (including phenoxy) is 1. The van der Waals surface area contributed by atoms with Gasteiger partial charge in [-0.2, -0.15) is 0 Å². The first kappa shape index (κ1) is 17.8. The van der Waals surface area contributed by atoms with Gasteiger partial charge in [-0.1, -0.05) is 41.9 Å². The molecular weight excluding hydrogens is 336 g/mol. The molecule has 2 aromatic rings. The molecule has 0 saturated carbocycles. The second kappa shape index (κ2) is 7.89. The number of benzene rings is 2. The van der Waals surface area contributed by atoms with Crippen LogP contribution in [0.15, 0.2) is 48.5 Å². The van der Waals surface area contributed by atoms with Gasteiger partial charge >= 0.3 is 0 Å². The molecule has 2 N–H and O–H groups in total. The maximum Gasteiger partial charge on any atom is 0.227 e. The summed E-state index contributed by atoms with van der Waals surface area (Å²) in [5, 5.41) is 0.604. The van der Waals surface area contributed by atoms with E-state index in [9.17, 15) is 4.79 Å². The third-order valence-electron chi connectivity index (χ3n) is 4.91. The van der Waals surface area contributed by atoms with Gasteiger partial charge in [-0.3, -0.25) is 4.79 Å². The third-order valence-corrected chi connectivity index (χ3v) is 5.14. The normalized spacial score (nSPS) is 19.9. The van der Waals surface area contributed by atoms with Crippen molar-refractivity contribution in [3.05, 3.63) is 64.7 Å². The number of methoxy groups -OCH3 is 1. The van der Waals surface area contributed by atoms with Crippen LogP contribution >= 0.6 is 11.6 Å². The summed E-state index contributed by atoms with van der Waals surface area (Å²) in [6.07, 6.45) is 0.280. The molecule has 3 rings (SSSR count). The predicted octanol–water partition coefficient (Wildman–Crippen LogP) is 3.09. The highest BCUT2D eigenvalue weighted by Crippen LogP contribution is 2.33. The van der Waals surface area contributed by atoms with Gasteiger partial charge in [-0.05, 0) is 36.2 Å². The van der Waals surface area contributed by atoms with E-state index < -0.39 is 0 Å². The summed E-state index contributed by atoms with van der Waals surface area (Å²) in [5.74, 6) is 1.34. The van der Waals surface area contributed by atoms with Crippen LogP contribution in [0.5, 0.6) is 5.75 Å². The van der Waals surface area contributed by atoms with Gasteiger partial charge in [-0.25, -0.2) is 0 Å². The Bertz CT molecular complexity index is 736. The third kappa shape index (κ3) is 3.97. The number of nitrogens with zero attached hydrogens (tertiary/aromatic N) is 1. The van der Waals surface area contributed by atoms with Crippen molar-refractivity contribution in [2.75, 3.05) is 26.7 Å². The van der Waals surface area contributed by atoms with Crippen molar-refractivity contribution in [3.63, 3.8) is 0 Å². The minimum absolute atomic E-state index is 0.0810. The second-order valence-electron chi connectivity index (χ2n) is 6.44. The van der Waals surface area contributed by atoms with Crippen molar-refractivity contribution >= 4 is 17.5 Å². The molecule has 1 aliphatic rings. The van der Waals surface area contributed by atoms with Crippen molar-refractivity contribution in [2.24, 2.45) is 11.7 Å². The Morgan fingerprint density at radius 2 is 2.00 bits per heavy atom. The average molecular weight is 359 g/mol. The van der Waals surface area contributed by atoms with E-state index in [4.69, 9.17) is 22.1 Å². The highest BCUT2D eigenvalue weighted by atomic mass is 35.5. The largest absolute Gasteiger partial charge is 0.496 e. The quantitative estimate of drug-likeness (QED) is 0.893. The van der Waals surface area contributed by atoms with E-state index in [0.29, 0.717) is 30.4 Å². The molecule has 1 amide bonds. The van der Waals surface area contributed by atoms with Crippen LogP contribution in [0.3, 0.4) is 0 Å². The van der Waals surface area contributed by atoms with Crippen molar-refractivity contribution in [3.8, 4) is 5.75 Å². The van der Waals surface area contributed by atoms with Gasteiger partial charge < -0.3 is 15.4 Å². The molecule has 1 heterocycles. The minimum atomic E-state index is 0.0810. The fourth-order valence-electron chi connectivity index (χ4n) is 3.55. The molecule has 2 aromatic carbocycles. The summed E-state index contributed by atoms with van der Waals surface area (Å²) >= 11 is 6.07. The topological polar surface area (TPSA) is 55.6 Å². The summed E-state index contributed by atoms with van der Waals surface area (Å²) in [5.41, 5.74) is 8.02. The highest BCUT2D eigenvalue weighted by Gasteiger charge is 2.35. The van der Waals surface area contributed by atoms with E-state index in [1.165, 1.54) is 5.56 Å². The Labute approximate surface area is 153 Å². The van der Waals surface area contributed by atoms with Gasteiger partial charge in [0.2, 0.25) is 5.91 Å². The van der Waals surface area contributed by atoms with Crippen LogP contribution in [0.25, 0.3) is 0 Å². The van der Waals surface area contributed by atoms with Gasteiger partial charge in [0.15, 0.2) is 0 Å². The van der Waals surface area contributed by atoms with Crippen LogP contribution in [-0.4, -0.2) is 37.6 Å². The molecule has 4 nitrogen and oxygen atoms in total. The molecule has 5 heteroatoms. The molecule has 2 atom stereocenters. The number of hydrogen-bond acceptors (Lipinski definition) is 3. The number of likely N-dealkylation sites (tertiary alicyclic amines) is 1. The van der Waals surface area contributed by atoms with Crippen molar-refractivity contribution in [1.29, 1.82) is 0 Å². The first-order chi connectivity index (χ1) is 12.1. The van der Waals surface area contributed by atoms with E-state index in [0.717, 1.165) is 5.56 Å². The molecule has 0 aromatic heterocycles. The summed E-state index contributed by atoms with van der Waals surface area (Å²) in [6, 6.07) is 15.6. The number of rotatable bonds is 5. The van der Waals surface area contributed by atoms with Crippen LogP contribution < -0.4 is 10.5 Å². The van der Waals surface area contributed by atoms with Gasteiger partial charge in [0, 0.05) is 29.6 Å². The van der Waals surface area contributed by atoms with Crippen LogP contribution in [-0.2, 0) is 11.2 Å². The first-order valence-electron chi connectivity index (χ1n) is 8.47. The van der Waals surface area contributed by atoms with Crippen LogP contribution in [0.4, 0.5) is 0 Å². The highest BCUT2D eigenvalue weighted by molar-refractivity contribution is 6.30. The SMILES string of the molecule is COc1ccc(Cl)cc1CC(=O)N1C[C@@H](CN)[C@H](c2ccccc2)C1. The molecule has 25 heavy (non-hydrogen) atoms. The van der Waals surface area contributed by atoms with E-state index in [-0.39, 0.29) is 24.2 Å². The number of hydrogen-bond donors (Lipinski definition) is 1. The molecule has 0 spiro atoms. The molecule has 1 aliphatic heterocycles. The van der Waals surface area contributed by atoms with Crippen molar-refractivity contribution < 1.29 is 9.53 Å². The second-order valence-corrected chi connectivity index (χ2v) is 6.88. The Morgan fingerprint density at radius 3 is 2.68 bits per heavy atom. The standard InChI is InChI=1S/C20H23ClN2O2/c1-25-19-8-7-17(21)9-15(19)10-20(24)23-12-16(11-22)18(13-23)14-5-3-2-4-6-14/h2-9,16,18H,10-13,22H2,1H3/t16-,18+/m1/s1. The lowest BCUT2D eigenvalue weighted by atomic mass is 9.89. The molecule has 1 fully saturated rings. The average Bonchev–Trinajstić information content (AvgIpc) is 3.07. The Morgan fingerprint density at radius 1 is 1.24 bits per heavy atom. The number of amides is 1. The molecule has 0 radical (unpaired) electrons. The predicted molar refractivity (Wildman–Crippen MR) is 100 cm³/mol. The van der Waals surface area contributed by atoms with E-state index in [1.807, 2.05) is 23.1 Å². The minimum Gasteiger partial charge on any atom is -0.496 e. The molecule has 0 unspecified atom stereocenters. The fourth-order valence-corrected chi connectivity index (χ4v) is 3.75. The number of carbonyl (C=O) groups excluding carboxylic acids is 1. The fraction of sp³-hybridized carbons (Fsp3) is 0.350. The summed E-state index contributed by atoms with van der Waals surface area (Å²) in [6.45, 7) is 1.97. The lowest BCUT2D eigenvalue weighted by molar-refractivity contribution is -0.129. The monoisotopic (exact) mass is 358 g/mol. The molecular formula is C20H23ClN2O2.